The molecule has 1 N–H and O–H groups in total. The zero-order valence-electron chi connectivity index (χ0n) is 18.5. The van der Waals surface area contributed by atoms with Gasteiger partial charge in [-0.1, -0.05) is 12.1 Å². The van der Waals surface area contributed by atoms with Crippen LogP contribution in [0.3, 0.4) is 0 Å². The van der Waals surface area contributed by atoms with Crippen LogP contribution in [0.25, 0.3) is 11.3 Å². The van der Waals surface area contributed by atoms with Crippen LogP contribution < -0.4 is 19.7 Å². The van der Waals surface area contributed by atoms with Gasteiger partial charge in [0.05, 0.1) is 19.9 Å². The number of benzene rings is 2. The van der Waals surface area contributed by atoms with Gasteiger partial charge in [-0.2, -0.15) is 0 Å². The first kappa shape index (κ1) is 21.6. The largest absolute Gasteiger partial charge is 0.493 e. The first-order valence-corrected chi connectivity index (χ1v) is 10.5. The van der Waals surface area contributed by atoms with Gasteiger partial charge in [-0.25, -0.2) is 0 Å². The highest BCUT2D eigenvalue weighted by molar-refractivity contribution is 6.04. The first-order valence-electron chi connectivity index (χ1n) is 10.5. The van der Waals surface area contributed by atoms with Crippen LogP contribution in [0.1, 0.15) is 10.4 Å². The van der Waals surface area contributed by atoms with E-state index in [1.165, 1.54) is 0 Å². The Labute approximate surface area is 187 Å². The summed E-state index contributed by atoms with van der Waals surface area (Å²) in [4.78, 5) is 17.3. The van der Waals surface area contributed by atoms with E-state index >= 15 is 0 Å². The summed E-state index contributed by atoms with van der Waals surface area (Å²) in [5.41, 5.74) is 2.79. The van der Waals surface area contributed by atoms with Crippen molar-refractivity contribution in [3.63, 3.8) is 0 Å². The minimum Gasteiger partial charge on any atom is -0.493 e. The lowest BCUT2D eigenvalue weighted by Crippen LogP contribution is -2.44. The summed E-state index contributed by atoms with van der Waals surface area (Å²) in [7, 11) is 5.23. The number of likely N-dealkylation sites (N-methyl/N-ethyl adjacent to an activating group) is 1. The van der Waals surface area contributed by atoms with Gasteiger partial charge in [-0.05, 0) is 49.5 Å². The molecule has 0 saturated carbocycles. The smallest absolute Gasteiger partial charge is 0.255 e. The van der Waals surface area contributed by atoms with Crippen LogP contribution in [0.15, 0.2) is 54.6 Å². The number of anilines is 2. The molecular formula is C24H27N5O3. The summed E-state index contributed by atoms with van der Waals surface area (Å²) < 4.78 is 10.5. The van der Waals surface area contributed by atoms with Crippen molar-refractivity contribution in [3.8, 4) is 22.8 Å². The Bertz CT molecular complexity index is 1080. The maximum atomic E-state index is 12.7. The topological polar surface area (TPSA) is 79.8 Å². The average Bonchev–Trinajstić information content (AvgIpc) is 2.84. The second kappa shape index (κ2) is 9.65. The summed E-state index contributed by atoms with van der Waals surface area (Å²) in [6.45, 7) is 3.93. The number of nitrogens with one attached hydrogen (secondary N) is 1. The van der Waals surface area contributed by atoms with Crippen molar-refractivity contribution in [2.45, 2.75) is 0 Å². The lowest BCUT2D eigenvalue weighted by molar-refractivity contribution is 0.102. The maximum Gasteiger partial charge on any atom is 0.255 e. The van der Waals surface area contributed by atoms with E-state index in [9.17, 15) is 4.79 Å². The highest BCUT2D eigenvalue weighted by Crippen LogP contribution is 2.28. The van der Waals surface area contributed by atoms with E-state index in [1.807, 2.05) is 36.4 Å². The van der Waals surface area contributed by atoms with E-state index in [0.717, 1.165) is 43.3 Å². The monoisotopic (exact) mass is 433 g/mol. The van der Waals surface area contributed by atoms with Crippen molar-refractivity contribution in [1.82, 2.24) is 15.1 Å². The molecule has 166 valence electrons. The average molecular weight is 434 g/mol. The van der Waals surface area contributed by atoms with Gasteiger partial charge in [0, 0.05) is 43.0 Å². The molecule has 0 spiro atoms. The Balaban J connectivity index is 1.47. The highest BCUT2D eigenvalue weighted by atomic mass is 16.5. The van der Waals surface area contributed by atoms with Gasteiger partial charge in [0.2, 0.25) is 0 Å². The number of ether oxygens (including phenoxy) is 2. The quantitative estimate of drug-likeness (QED) is 0.640. The fourth-order valence-corrected chi connectivity index (χ4v) is 3.62. The molecule has 1 fully saturated rings. The molecule has 0 unspecified atom stereocenters. The minimum atomic E-state index is -0.236. The van der Waals surface area contributed by atoms with Crippen molar-refractivity contribution in [1.29, 1.82) is 0 Å². The molecule has 1 aliphatic heterocycles. The van der Waals surface area contributed by atoms with E-state index in [0.29, 0.717) is 22.7 Å². The molecule has 1 saturated heterocycles. The van der Waals surface area contributed by atoms with Crippen LogP contribution in [0.4, 0.5) is 11.5 Å². The van der Waals surface area contributed by atoms with Gasteiger partial charge in [-0.15, -0.1) is 10.2 Å². The van der Waals surface area contributed by atoms with Gasteiger partial charge in [0.15, 0.2) is 17.3 Å². The number of carbonyl (C=O) groups excluding carboxylic acids is 1. The van der Waals surface area contributed by atoms with Crippen LogP contribution in [0.5, 0.6) is 11.5 Å². The molecule has 8 heteroatoms. The number of amides is 1. The van der Waals surface area contributed by atoms with Crippen molar-refractivity contribution < 1.29 is 14.3 Å². The molecule has 2 heterocycles. The minimum absolute atomic E-state index is 0.236. The highest BCUT2D eigenvalue weighted by Gasteiger charge is 2.16. The number of nitrogens with zero attached hydrogens (tertiary/aromatic N) is 4. The van der Waals surface area contributed by atoms with Crippen LogP contribution in [0.2, 0.25) is 0 Å². The normalized spacial score (nSPS) is 14.2. The molecule has 0 atom stereocenters. The predicted octanol–water partition coefficient (Wildman–Crippen LogP) is 3.16. The van der Waals surface area contributed by atoms with Crippen molar-refractivity contribution >= 4 is 17.4 Å². The molecule has 4 rings (SSSR count). The SMILES string of the molecule is COc1ccc(C(=O)Nc2cccc(-c3ccc(N4CCN(C)CC4)nn3)c2)cc1OC. The second-order valence-corrected chi connectivity index (χ2v) is 7.67. The van der Waals surface area contributed by atoms with Crippen LogP contribution in [-0.2, 0) is 0 Å². The number of piperazine rings is 1. The number of methoxy groups -OCH3 is 2. The Hall–Kier alpha value is -3.65. The zero-order chi connectivity index (χ0) is 22.5. The maximum absolute atomic E-state index is 12.7. The fraction of sp³-hybridized carbons (Fsp3) is 0.292. The lowest BCUT2D eigenvalue weighted by Gasteiger charge is -2.32. The third-order valence-electron chi connectivity index (χ3n) is 5.54. The summed E-state index contributed by atoms with van der Waals surface area (Å²) in [5.74, 6) is 1.73. The molecule has 0 radical (unpaired) electrons. The van der Waals surface area contributed by atoms with Crippen LogP contribution >= 0.6 is 0 Å². The second-order valence-electron chi connectivity index (χ2n) is 7.67. The van der Waals surface area contributed by atoms with E-state index < -0.39 is 0 Å². The Morgan fingerprint density at radius 2 is 1.69 bits per heavy atom. The van der Waals surface area contributed by atoms with Gasteiger partial charge >= 0.3 is 0 Å². The Morgan fingerprint density at radius 1 is 0.906 bits per heavy atom. The van der Waals surface area contributed by atoms with Gasteiger partial charge in [0.25, 0.3) is 5.91 Å². The van der Waals surface area contributed by atoms with E-state index in [2.05, 4.69) is 32.4 Å². The van der Waals surface area contributed by atoms with Gasteiger partial charge in [-0.3, -0.25) is 4.79 Å². The summed E-state index contributed by atoms with van der Waals surface area (Å²) in [5, 5.41) is 11.8. The third kappa shape index (κ3) is 4.81. The zero-order valence-corrected chi connectivity index (χ0v) is 18.5. The molecule has 3 aromatic rings. The molecule has 32 heavy (non-hydrogen) atoms. The predicted molar refractivity (Wildman–Crippen MR) is 125 cm³/mol. The molecule has 1 amide bonds. The number of hydrogen-bond donors (Lipinski definition) is 1. The first-order chi connectivity index (χ1) is 15.6. The summed E-state index contributed by atoms with van der Waals surface area (Å²) in [6.07, 6.45) is 0. The fourth-order valence-electron chi connectivity index (χ4n) is 3.62. The Kier molecular flexibility index (Phi) is 6.51. The Morgan fingerprint density at radius 3 is 2.38 bits per heavy atom. The van der Waals surface area contributed by atoms with E-state index in [-0.39, 0.29) is 5.91 Å². The van der Waals surface area contributed by atoms with Crippen LogP contribution in [0, 0.1) is 0 Å². The lowest BCUT2D eigenvalue weighted by atomic mass is 10.1. The molecule has 0 aliphatic carbocycles. The summed E-state index contributed by atoms with van der Waals surface area (Å²) in [6, 6.07) is 16.6. The standard InChI is InChI=1S/C24H27N5O3/c1-28-11-13-29(14-12-28)23-10-8-20(26-27-23)17-5-4-6-19(15-17)25-24(30)18-7-9-21(31-2)22(16-18)32-3/h4-10,15-16H,11-14H2,1-3H3,(H,25,30). The summed E-state index contributed by atoms with van der Waals surface area (Å²) >= 11 is 0. The molecule has 1 aliphatic rings. The number of carbonyl (C=O) groups is 1. The van der Waals surface area contributed by atoms with Gasteiger partial charge in [0.1, 0.15) is 0 Å². The third-order valence-corrected chi connectivity index (χ3v) is 5.54. The molecule has 8 nitrogen and oxygen atoms in total. The molecule has 1 aromatic heterocycles. The number of aromatic nitrogens is 2. The van der Waals surface area contributed by atoms with Gasteiger partial charge < -0.3 is 24.6 Å². The van der Waals surface area contributed by atoms with Crippen LogP contribution in [-0.4, -0.2) is 68.5 Å². The number of rotatable bonds is 6. The van der Waals surface area contributed by atoms with E-state index in [4.69, 9.17) is 9.47 Å². The van der Waals surface area contributed by atoms with E-state index in [1.54, 1.807) is 32.4 Å². The molecule has 2 aromatic carbocycles. The van der Waals surface area contributed by atoms with Crippen molar-refractivity contribution in [3.05, 3.63) is 60.2 Å². The van der Waals surface area contributed by atoms with Crippen molar-refractivity contribution in [2.75, 3.05) is 57.7 Å². The number of hydrogen-bond acceptors (Lipinski definition) is 7. The molecule has 0 bridgehead atoms. The molecular weight excluding hydrogens is 406 g/mol. The van der Waals surface area contributed by atoms with Crippen molar-refractivity contribution in [2.24, 2.45) is 0 Å².